The number of aliphatic hydroxyl groups excluding tert-OH is 1. The lowest BCUT2D eigenvalue weighted by Crippen LogP contribution is -2.52. The van der Waals surface area contributed by atoms with Gasteiger partial charge >= 0.3 is 5.97 Å². The second-order valence-corrected chi connectivity index (χ2v) is 3.85. The molecule has 0 aromatic rings. The standard InChI is InChI=1S/C11H12O6/c1-5(12)9-7(10(15)16)3-4-8(14)11(9,17)6(2)13/h3-4,9,14,17H,1-2H3,(H,15,16). The first-order valence-corrected chi connectivity index (χ1v) is 4.81. The number of hydrogen-bond donors (Lipinski definition) is 3. The lowest BCUT2D eigenvalue weighted by Gasteiger charge is -2.34. The molecule has 1 aliphatic carbocycles. The van der Waals surface area contributed by atoms with E-state index in [1.54, 1.807) is 0 Å². The molecule has 0 aromatic carbocycles. The van der Waals surface area contributed by atoms with E-state index in [-0.39, 0.29) is 0 Å². The van der Waals surface area contributed by atoms with Crippen molar-refractivity contribution in [2.75, 3.05) is 0 Å². The summed E-state index contributed by atoms with van der Waals surface area (Å²) in [4.78, 5) is 33.7. The smallest absolute Gasteiger partial charge is 0.332 e. The lowest BCUT2D eigenvalue weighted by atomic mass is 9.73. The minimum absolute atomic E-state index is 0.423. The van der Waals surface area contributed by atoms with Crippen LogP contribution in [0.4, 0.5) is 0 Å². The number of aliphatic carboxylic acids is 1. The van der Waals surface area contributed by atoms with Crippen LogP contribution in [0.3, 0.4) is 0 Å². The molecule has 1 rings (SSSR count). The Morgan fingerprint density at radius 2 is 1.76 bits per heavy atom. The Balaban J connectivity index is 3.47. The average molecular weight is 240 g/mol. The first kappa shape index (κ1) is 13.1. The zero-order valence-electron chi connectivity index (χ0n) is 9.30. The summed E-state index contributed by atoms with van der Waals surface area (Å²) in [5.41, 5.74) is -2.91. The summed E-state index contributed by atoms with van der Waals surface area (Å²) in [7, 11) is 0. The van der Waals surface area contributed by atoms with Gasteiger partial charge in [-0.15, -0.1) is 0 Å². The van der Waals surface area contributed by atoms with E-state index < -0.39 is 40.4 Å². The van der Waals surface area contributed by atoms with Gasteiger partial charge in [0.2, 0.25) is 0 Å². The third-order valence-corrected chi connectivity index (χ3v) is 2.73. The van der Waals surface area contributed by atoms with E-state index in [0.29, 0.717) is 0 Å². The Hall–Kier alpha value is -1.95. The van der Waals surface area contributed by atoms with Crippen LogP contribution in [0.5, 0.6) is 0 Å². The summed E-state index contributed by atoms with van der Waals surface area (Å²) in [6.45, 7) is 2.03. The number of allylic oxidation sites excluding steroid dienone is 2. The van der Waals surface area contributed by atoms with Crippen molar-refractivity contribution in [3.05, 3.63) is 23.5 Å². The Morgan fingerprint density at radius 1 is 1.24 bits per heavy atom. The van der Waals surface area contributed by atoms with Gasteiger partial charge in [-0.05, 0) is 26.0 Å². The molecule has 92 valence electrons. The number of Topliss-reactive ketones (excluding diaryl/α,β-unsaturated/α-hetero) is 2. The number of aliphatic hydroxyl groups is 2. The van der Waals surface area contributed by atoms with Crippen LogP contribution >= 0.6 is 0 Å². The van der Waals surface area contributed by atoms with Gasteiger partial charge in [-0.3, -0.25) is 9.59 Å². The van der Waals surface area contributed by atoms with Crippen molar-refractivity contribution in [2.45, 2.75) is 19.4 Å². The van der Waals surface area contributed by atoms with Crippen molar-refractivity contribution in [1.82, 2.24) is 0 Å². The van der Waals surface area contributed by atoms with Gasteiger partial charge < -0.3 is 15.3 Å². The highest BCUT2D eigenvalue weighted by Crippen LogP contribution is 2.35. The van der Waals surface area contributed by atoms with Gasteiger partial charge in [0, 0.05) is 0 Å². The van der Waals surface area contributed by atoms with Gasteiger partial charge in [-0.1, -0.05) is 0 Å². The number of rotatable bonds is 3. The van der Waals surface area contributed by atoms with Crippen LogP contribution in [0.1, 0.15) is 13.8 Å². The summed E-state index contributed by atoms with van der Waals surface area (Å²) >= 11 is 0. The van der Waals surface area contributed by atoms with Gasteiger partial charge in [0.15, 0.2) is 11.4 Å². The predicted molar refractivity (Wildman–Crippen MR) is 56.2 cm³/mol. The van der Waals surface area contributed by atoms with E-state index in [9.17, 15) is 24.6 Å². The van der Waals surface area contributed by atoms with Crippen LogP contribution in [0.15, 0.2) is 23.5 Å². The molecule has 0 aliphatic heterocycles. The van der Waals surface area contributed by atoms with Gasteiger partial charge in [-0.2, -0.15) is 0 Å². The number of carbonyl (C=O) groups excluding carboxylic acids is 2. The molecule has 2 atom stereocenters. The topological polar surface area (TPSA) is 112 Å². The third kappa shape index (κ3) is 1.87. The van der Waals surface area contributed by atoms with E-state index >= 15 is 0 Å². The number of ketones is 2. The molecule has 17 heavy (non-hydrogen) atoms. The van der Waals surface area contributed by atoms with Gasteiger partial charge in [-0.25, -0.2) is 4.79 Å². The summed E-state index contributed by atoms with van der Waals surface area (Å²) in [6, 6.07) is 0. The molecular weight excluding hydrogens is 228 g/mol. The molecule has 6 heteroatoms. The molecule has 0 radical (unpaired) electrons. The number of hydrogen-bond acceptors (Lipinski definition) is 5. The molecule has 0 saturated heterocycles. The Bertz CT molecular complexity index is 459. The molecule has 1 aliphatic rings. The molecule has 0 heterocycles. The molecule has 0 spiro atoms. The van der Waals surface area contributed by atoms with Crippen LogP contribution < -0.4 is 0 Å². The molecule has 6 nitrogen and oxygen atoms in total. The molecule has 0 fully saturated rings. The molecule has 0 amide bonds. The van der Waals surface area contributed by atoms with E-state index in [1.165, 1.54) is 0 Å². The number of carboxylic acids is 1. The average Bonchev–Trinajstić information content (AvgIpc) is 2.20. The second-order valence-electron chi connectivity index (χ2n) is 3.85. The van der Waals surface area contributed by atoms with Crippen molar-refractivity contribution >= 4 is 17.5 Å². The van der Waals surface area contributed by atoms with Crippen molar-refractivity contribution in [1.29, 1.82) is 0 Å². The van der Waals surface area contributed by atoms with Crippen LogP contribution in [0.2, 0.25) is 0 Å². The Morgan fingerprint density at radius 3 is 2.12 bits per heavy atom. The predicted octanol–water partition coefficient (Wildman–Crippen LogP) is -0.0218. The first-order valence-electron chi connectivity index (χ1n) is 4.81. The Kier molecular flexibility index (Phi) is 3.19. The van der Waals surface area contributed by atoms with E-state index in [4.69, 9.17) is 5.11 Å². The van der Waals surface area contributed by atoms with E-state index in [1.807, 2.05) is 0 Å². The maximum absolute atomic E-state index is 11.4. The highest BCUT2D eigenvalue weighted by atomic mass is 16.4. The lowest BCUT2D eigenvalue weighted by molar-refractivity contribution is -0.148. The zero-order chi connectivity index (χ0) is 13.4. The Labute approximate surface area is 96.9 Å². The van der Waals surface area contributed by atoms with E-state index in [2.05, 4.69) is 0 Å². The fraction of sp³-hybridized carbons (Fsp3) is 0.364. The van der Waals surface area contributed by atoms with Crippen molar-refractivity contribution < 1.29 is 29.7 Å². The van der Waals surface area contributed by atoms with Crippen molar-refractivity contribution in [2.24, 2.45) is 5.92 Å². The fourth-order valence-electron chi connectivity index (χ4n) is 1.86. The van der Waals surface area contributed by atoms with Crippen LogP contribution in [-0.4, -0.2) is 38.5 Å². The molecular formula is C11H12O6. The van der Waals surface area contributed by atoms with Gasteiger partial charge in [0.25, 0.3) is 0 Å². The molecule has 0 aromatic heterocycles. The number of carbonyl (C=O) groups is 3. The van der Waals surface area contributed by atoms with Crippen molar-refractivity contribution in [3.8, 4) is 0 Å². The van der Waals surface area contributed by atoms with Crippen LogP contribution in [0, 0.1) is 5.92 Å². The zero-order valence-corrected chi connectivity index (χ0v) is 9.30. The summed E-state index contributed by atoms with van der Waals surface area (Å²) in [5.74, 6) is -5.35. The van der Waals surface area contributed by atoms with Gasteiger partial charge in [0.1, 0.15) is 11.5 Å². The first-order chi connectivity index (χ1) is 7.72. The normalized spacial score (nSPS) is 28.1. The largest absolute Gasteiger partial charge is 0.509 e. The summed E-state index contributed by atoms with van der Waals surface area (Å²) in [5, 5.41) is 28.5. The maximum Gasteiger partial charge on any atom is 0.332 e. The maximum atomic E-state index is 11.4. The fourth-order valence-corrected chi connectivity index (χ4v) is 1.86. The highest BCUT2D eigenvalue weighted by Gasteiger charge is 2.52. The van der Waals surface area contributed by atoms with Crippen LogP contribution in [-0.2, 0) is 14.4 Å². The minimum atomic E-state index is -2.49. The second kappa shape index (κ2) is 4.14. The summed E-state index contributed by atoms with van der Waals surface area (Å²) in [6.07, 6.45) is 1.91. The quantitative estimate of drug-likeness (QED) is 0.639. The monoisotopic (exact) mass is 240 g/mol. The molecule has 0 saturated carbocycles. The van der Waals surface area contributed by atoms with E-state index in [0.717, 1.165) is 26.0 Å². The minimum Gasteiger partial charge on any atom is -0.509 e. The number of carboxylic acid groups (broad SMARTS) is 1. The SMILES string of the molecule is CC(=O)C1C(C(=O)O)=CC=C(O)C1(O)C(C)=O. The highest BCUT2D eigenvalue weighted by molar-refractivity contribution is 6.04. The molecule has 0 bridgehead atoms. The summed E-state index contributed by atoms with van der Waals surface area (Å²) < 4.78 is 0. The third-order valence-electron chi connectivity index (χ3n) is 2.73. The molecule has 2 unspecified atom stereocenters. The molecule has 3 N–H and O–H groups in total. The van der Waals surface area contributed by atoms with Crippen molar-refractivity contribution in [3.63, 3.8) is 0 Å². The van der Waals surface area contributed by atoms with Crippen LogP contribution in [0.25, 0.3) is 0 Å². The van der Waals surface area contributed by atoms with Gasteiger partial charge in [0.05, 0.1) is 11.5 Å².